The van der Waals surface area contributed by atoms with Crippen molar-refractivity contribution in [3.8, 4) is 11.1 Å². The number of carbonyl (C=O) groups is 3. The van der Waals surface area contributed by atoms with Crippen molar-refractivity contribution in [2.45, 2.75) is 45.6 Å². The van der Waals surface area contributed by atoms with Crippen LogP contribution in [0.3, 0.4) is 0 Å². The molecule has 1 saturated carbocycles. The molecule has 0 aliphatic heterocycles. The van der Waals surface area contributed by atoms with Crippen LogP contribution in [0.2, 0.25) is 0 Å². The number of benzene rings is 1. The number of rotatable bonds is 6. The van der Waals surface area contributed by atoms with E-state index in [-0.39, 0.29) is 12.0 Å². The van der Waals surface area contributed by atoms with E-state index in [2.05, 4.69) is 5.32 Å². The number of thiophene rings is 1. The van der Waals surface area contributed by atoms with Gasteiger partial charge in [-0.3, -0.25) is 4.79 Å². The van der Waals surface area contributed by atoms with Crippen LogP contribution in [0.5, 0.6) is 0 Å². The third-order valence-corrected chi connectivity index (χ3v) is 5.96. The number of amides is 1. The van der Waals surface area contributed by atoms with Crippen LogP contribution in [0.15, 0.2) is 35.7 Å². The van der Waals surface area contributed by atoms with Gasteiger partial charge in [-0.25, -0.2) is 4.79 Å². The largest absolute Gasteiger partial charge is 0.550 e. The van der Waals surface area contributed by atoms with Crippen LogP contribution < -0.4 is 10.4 Å². The molecule has 1 amide bonds. The number of hydrogen-bond acceptors (Lipinski definition) is 6. The molecule has 1 N–H and O–H groups in total. The van der Waals surface area contributed by atoms with Gasteiger partial charge in [-0.15, -0.1) is 11.3 Å². The zero-order valence-corrected chi connectivity index (χ0v) is 17.3. The van der Waals surface area contributed by atoms with Crippen LogP contribution in [0, 0.1) is 11.8 Å². The zero-order chi connectivity index (χ0) is 21.0. The second kappa shape index (κ2) is 9.22. The van der Waals surface area contributed by atoms with E-state index in [1.54, 1.807) is 19.2 Å². The van der Waals surface area contributed by atoms with Crippen molar-refractivity contribution < 1.29 is 24.2 Å². The van der Waals surface area contributed by atoms with Crippen molar-refractivity contribution in [1.29, 1.82) is 0 Å². The molecular formula is C22H24NO5S-. The first-order valence-corrected chi connectivity index (χ1v) is 10.7. The number of nitrogens with one attached hydrogen (secondary N) is 1. The van der Waals surface area contributed by atoms with Gasteiger partial charge in [-0.05, 0) is 32.3 Å². The van der Waals surface area contributed by atoms with Crippen molar-refractivity contribution in [2.24, 2.45) is 11.8 Å². The molecule has 0 unspecified atom stereocenters. The lowest BCUT2D eigenvalue weighted by Crippen LogP contribution is -2.42. The van der Waals surface area contributed by atoms with Crippen LogP contribution >= 0.6 is 11.3 Å². The normalized spacial score (nSPS) is 19.0. The fourth-order valence-corrected chi connectivity index (χ4v) is 4.65. The van der Waals surface area contributed by atoms with Crippen molar-refractivity contribution in [2.75, 3.05) is 5.32 Å². The molecular weight excluding hydrogens is 390 g/mol. The second-order valence-corrected chi connectivity index (χ2v) is 8.36. The molecule has 1 aromatic heterocycles. The Labute approximate surface area is 173 Å². The maximum Gasteiger partial charge on any atom is 0.342 e. The zero-order valence-electron chi connectivity index (χ0n) is 16.5. The Kier molecular flexibility index (Phi) is 6.69. The Morgan fingerprint density at radius 1 is 1.10 bits per heavy atom. The Morgan fingerprint density at radius 3 is 2.38 bits per heavy atom. The average molecular weight is 415 g/mol. The average Bonchev–Trinajstić information content (AvgIpc) is 3.11. The summed E-state index contributed by atoms with van der Waals surface area (Å²) in [4.78, 5) is 37.1. The van der Waals surface area contributed by atoms with E-state index in [9.17, 15) is 19.5 Å². The molecule has 0 bridgehead atoms. The van der Waals surface area contributed by atoms with Crippen LogP contribution in [-0.2, 0) is 14.3 Å². The molecule has 1 heterocycles. The highest BCUT2D eigenvalue weighted by Gasteiger charge is 2.33. The number of hydrogen-bond donors (Lipinski definition) is 1. The van der Waals surface area contributed by atoms with Gasteiger partial charge in [0.25, 0.3) is 0 Å². The fourth-order valence-electron chi connectivity index (χ4n) is 3.69. The smallest absolute Gasteiger partial charge is 0.342 e. The Morgan fingerprint density at radius 2 is 1.76 bits per heavy atom. The van der Waals surface area contributed by atoms with Crippen molar-refractivity contribution in [3.05, 3.63) is 41.3 Å². The quantitative estimate of drug-likeness (QED) is 0.730. The summed E-state index contributed by atoms with van der Waals surface area (Å²) in [5.41, 5.74) is 1.81. The molecule has 0 spiro atoms. The highest BCUT2D eigenvalue weighted by molar-refractivity contribution is 7.15. The minimum atomic E-state index is -1.19. The first kappa shape index (κ1) is 21.0. The molecule has 1 aliphatic rings. The first-order valence-electron chi connectivity index (χ1n) is 9.78. The van der Waals surface area contributed by atoms with Crippen molar-refractivity contribution in [3.63, 3.8) is 0 Å². The van der Waals surface area contributed by atoms with Crippen molar-refractivity contribution >= 4 is 34.2 Å². The van der Waals surface area contributed by atoms with Gasteiger partial charge in [0, 0.05) is 28.7 Å². The van der Waals surface area contributed by atoms with Gasteiger partial charge < -0.3 is 20.0 Å². The van der Waals surface area contributed by atoms with Gasteiger partial charge >= 0.3 is 5.97 Å². The maximum atomic E-state index is 12.9. The first-order chi connectivity index (χ1) is 13.9. The number of carboxylic acids is 1. The molecule has 0 radical (unpaired) electrons. The van der Waals surface area contributed by atoms with Crippen LogP contribution in [0.1, 0.15) is 49.9 Å². The van der Waals surface area contributed by atoms with Crippen LogP contribution in [0.4, 0.5) is 5.00 Å². The van der Waals surface area contributed by atoms with E-state index < -0.39 is 23.8 Å². The summed E-state index contributed by atoms with van der Waals surface area (Å²) in [6.45, 7) is 3.52. The lowest BCUT2D eigenvalue weighted by molar-refractivity contribution is -0.313. The minimum absolute atomic E-state index is 0.295. The summed E-state index contributed by atoms with van der Waals surface area (Å²) >= 11 is 1.23. The molecule has 2 aromatic rings. The van der Waals surface area contributed by atoms with Gasteiger partial charge in [0.15, 0.2) is 0 Å². The maximum absolute atomic E-state index is 12.9. The molecule has 0 saturated heterocycles. The Balaban J connectivity index is 1.92. The third kappa shape index (κ3) is 4.85. The van der Waals surface area contributed by atoms with Gasteiger partial charge in [-0.2, -0.15) is 0 Å². The predicted octanol–water partition coefficient (Wildman–Crippen LogP) is 3.48. The second-order valence-electron chi connectivity index (χ2n) is 7.48. The van der Waals surface area contributed by atoms with E-state index in [1.165, 1.54) is 11.3 Å². The van der Waals surface area contributed by atoms with Gasteiger partial charge in [0.2, 0.25) is 5.91 Å². The molecule has 7 heteroatoms. The SMILES string of the molecule is CC(C)OC(=O)c1c(-c2ccccc2)csc1NC(=O)[C@H]1CCCC[C@H]1C(=O)[O-]. The molecule has 3 rings (SSSR count). The van der Waals surface area contributed by atoms with Crippen molar-refractivity contribution in [1.82, 2.24) is 0 Å². The summed E-state index contributed by atoms with van der Waals surface area (Å²) in [6, 6.07) is 9.39. The van der Waals surface area contributed by atoms with Crippen LogP contribution in [0.25, 0.3) is 11.1 Å². The molecule has 6 nitrogen and oxygen atoms in total. The topological polar surface area (TPSA) is 95.5 Å². The Hall–Kier alpha value is -2.67. The molecule has 1 fully saturated rings. The third-order valence-electron chi connectivity index (χ3n) is 5.06. The number of carboxylic acid groups (broad SMARTS) is 1. The number of carbonyl (C=O) groups excluding carboxylic acids is 3. The summed E-state index contributed by atoms with van der Waals surface area (Å²) in [5.74, 6) is -3.57. The number of anilines is 1. The number of ether oxygens (including phenoxy) is 1. The fraction of sp³-hybridized carbons (Fsp3) is 0.409. The minimum Gasteiger partial charge on any atom is -0.550 e. The molecule has 1 aromatic carbocycles. The number of aliphatic carboxylic acids is 1. The molecule has 1 aliphatic carbocycles. The predicted molar refractivity (Wildman–Crippen MR) is 109 cm³/mol. The highest BCUT2D eigenvalue weighted by atomic mass is 32.1. The van der Waals surface area contributed by atoms with E-state index in [0.29, 0.717) is 29.0 Å². The lowest BCUT2D eigenvalue weighted by Gasteiger charge is -2.31. The van der Waals surface area contributed by atoms with Gasteiger partial charge in [0.1, 0.15) is 10.6 Å². The van der Waals surface area contributed by atoms with E-state index in [1.807, 2.05) is 30.3 Å². The summed E-state index contributed by atoms with van der Waals surface area (Å²) in [7, 11) is 0. The highest BCUT2D eigenvalue weighted by Crippen LogP contribution is 2.38. The lowest BCUT2D eigenvalue weighted by atomic mass is 9.79. The Bertz CT molecular complexity index is 890. The molecule has 2 atom stereocenters. The molecule has 154 valence electrons. The van der Waals surface area contributed by atoms with Gasteiger partial charge in [0.05, 0.1) is 6.10 Å². The number of esters is 1. The summed E-state index contributed by atoms with van der Waals surface area (Å²) in [5, 5.41) is 16.4. The van der Waals surface area contributed by atoms with E-state index >= 15 is 0 Å². The van der Waals surface area contributed by atoms with E-state index in [4.69, 9.17) is 4.74 Å². The van der Waals surface area contributed by atoms with Crippen LogP contribution in [-0.4, -0.2) is 23.9 Å². The van der Waals surface area contributed by atoms with Gasteiger partial charge in [-0.1, -0.05) is 43.2 Å². The monoisotopic (exact) mass is 414 g/mol. The summed E-state index contributed by atoms with van der Waals surface area (Å²) in [6.07, 6.45) is 2.18. The summed E-state index contributed by atoms with van der Waals surface area (Å²) < 4.78 is 5.40. The standard InChI is InChI=1S/C22H25NO5S/c1-13(2)28-22(27)18-17(14-8-4-3-5-9-14)12-29-20(18)23-19(24)15-10-6-7-11-16(15)21(25)26/h3-5,8-9,12-13,15-16H,6-7,10-11H2,1-2H3,(H,23,24)(H,25,26)/p-1/t15-,16+/m0/s1. The molecule has 29 heavy (non-hydrogen) atoms. The van der Waals surface area contributed by atoms with E-state index in [0.717, 1.165) is 18.4 Å².